The second kappa shape index (κ2) is 8.71. The molecule has 0 spiro atoms. The highest BCUT2D eigenvalue weighted by Gasteiger charge is 2.06. The number of hydrogen-bond donors (Lipinski definition) is 0. The molecular formula is C12H20N2O2. The number of esters is 1. The van der Waals surface area contributed by atoms with Crippen LogP contribution in [-0.2, 0) is 9.53 Å². The average Bonchev–Trinajstić information content (AvgIpc) is 2.26. The van der Waals surface area contributed by atoms with Crippen LogP contribution in [0, 0.1) is 0 Å². The first-order valence-corrected chi connectivity index (χ1v) is 5.33. The summed E-state index contributed by atoms with van der Waals surface area (Å²) in [6.45, 7) is 8.26. The van der Waals surface area contributed by atoms with Gasteiger partial charge in [-0.1, -0.05) is 12.7 Å². The van der Waals surface area contributed by atoms with E-state index in [1.165, 1.54) is 6.20 Å². The van der Waals surface area contributed by atoms with Crippen LogP contribution in [0.1, 0.15) is 20.3 Å². The molecule has 0 N–H and O–H groups in total. The Hall–Kier alpha value is -1.58. The lowest BCUT2D eigenvalue weighted by Crippen LogP contribution is -2.28. The molecule has 0 bridgehead atoms. The molecule has 0 aromatic rings. The van der Waals surface area contributed by atoms with E-state index in [1.54, 1.807) is 6.92 Å². The monoisotopic (exact) mass is 224 g/mol. The number of rotatable bonds is 6. The highest BCUT2D eigenvalue weighted by molar-refractivity contribution is 5.93. The van der Waals surface area contributed by atoms with Crippen molar-refractivity contribution in [2.45, 2.75) is 20.3 Å². The van der Waals surface area contributed by atoms with Crippen LogP contribution in [-0.4, -0.2) is 36.9 Å². The molecule has 0 saturated heterocycles. The van der Waals surface area contributed by atoms with E-state index in [9.17, 15) is 4.79 Å². The van der Waals surface area contributed by atoms with Crippen LogP contribution in [0.3, 0.4) is 0 Å². The van der Waals surface area contributed by atoms with Crippen molar-refractivity contribution in [3.05, 3.63) is 24.9 Å². The van der Waals surface area contributed by atoms with E-state index < -0.39 is 0 Å². The summed E-state index contributed by atoms with van der Waals surface area (Å²) in [4.78, 5) is 17.2. The van der Waals surface area contributed by atoms with Crippen molar-refractivity contribution >= 4 is 11.8 Å². The number of amidine groups is 1. The molecule has 90 valence electrons. The van der Waals surface area contributed by atoms with Gasteiger partial charge in [0, 0.05) is 19.8 Å². The van der Waals surface area contributed by atoms with Crippen LogP contribution in [0.2, 0.25) is 0 Å². The predicted octanol–water partition coefficient (Wildman–Crippen LogP) is 1.99. The lowest BCUT2D eigenvalue weighted by molar-refractivity contribution is -0.143. The molecule has 4 heteroatoms. The number of allylic oxidation sites excluding steroid dienone is 1. The lowest BCUT2D eigenvalue weighted by atomic mass is 10.3. The number of nitrogens with zero attached hydrogens (tertiary/aromatic N) is 2. The Balaban J connectivity index is 4.21. The van der Waals surface area contributed by atoms with Gasteiger partial charge in [-0.25, -0.2) is 4.99 Å². The minimum Gasteiger partial charge on any atom is -0.466 e. The molecule has 0 aromatic heterocycles. The fourth-order valence-electron chi connectivity index (χ4n) is 1.12. The third-order valence-corrected chi connectivity index (χ3v) is 1.89. The summed E-state index contributed by atoms with van der Waals surface area (Å²) in [5.74, 6) is 0.592. The smallest absolute Gasteiger partial charge is 0.307 e. The number of carbonyl (C=O) groups excluding carboxylic acids is 1. The van der Waals surface area contributed by atoms with Crippen molar-refractivity contribution < 1.29 is 9.53 Å². The average molecular weight is 224 g/mol. The van der Waals surface area contributed by atoms with Gasteiger partial charge < -0.3 is 9.64 Å². The van der Waals surface area contributed by atoms with Crippen molar-refractivity contribution in [1.82, 2.24) is 4.90 Å². The van der Waals surface area contributed by atoms with E-state index >= 15 is 0 Å². The first-order valence-electron chi connectivity index (χ1n) is 5.33. The van der Waals surface area contributed by atoms with Crippen LogP contribution in [0.25, 0.3) is 0 Å². The Morgan fingerprint density at radius 1 is 1.56 bits per heavy atom. The second-order valence-corrected chi connectivity index (χ2v) is 3.15. The van der Waals surface area contributed by atoms with Gasteiger partial charge in [-0.2, -0.15) is 0 Å². The maximum Gasteiger partial charge on any atom is 0.307 e. The van der Waals surface area contributed by atoms with Crippen molar-refractivity contribution in [1.29, 1.82) is 0 Å². The first-order chi connectivity index (χ1) is 7.65. The largest absolute Gasteiger partial charge is 0.466 e. The van der Waals surface area contributed by atoms with Crippen molar-refractivity contribution in [3.63, 3.8) is 0 Å². The van der Waals surface area contributed by atoms with E-state index in [1.807, 2.05) is 31.0 Å². The van der Waals surface area contributed by atoms with Crippen molar-refractivity contribution in [2.75, 3.05) is 20.2 Å². The summed E-state index contributed by atoms with van der Waals surface area (Å²) >= 11 is 0. The number of ether oxygens (including phenoxy) is 1. The molecule has 0 heterocycles. The number of carbonyl (C=O) groups is 1. The van der Waals surface area contributed by atoms with E-state index in [4.69, 9.17) is 4.74 Å². The van der Waals surface area contributed by atoms with E-state index in [2.05, 4.69) is 11.6 Å². The van der Waals surface area contributed by atoms with Crippen molar-refractivity contribution in [3.8, 4) is 0 Å². The lowest BCUT2D eigenvalue weighted by Gasteiger charge is -2.17. The van der Waals surface area contributed by atoms with Crippen LogP contribution >= 0.6 is 0 Å². The highest BCUT2D eigenvalue weighted by atomic mass is 16.5. The first kappa shape index (κ1) is 14.4. The van der Waals surface area contributed by atoms with Gasteiger partial charge in [-0.15, -0.1) is 0 Å². The number of hydrogen-bond acceptors (Lipinski definition) is 3. The normalized spacial score (nSPS) is 11.6. The molecule has 16 heavy (non-hydrogen) atoms. The fraction of sp³-hybridized carbons (Fsp3) is 0.500. The van der Waals surface area contributed by atoms with Crippen LogP contribution in [0.4, 0.5) is 0 Å². The molecule has 0 radical (unpaired) electrons. The molecule has 0 aliphatic rings. The maximum absolute atomic E-state index is 11.2. The summed E-state index contributed by atoms with van der Waals surface area (Å²) in [5.41, 5.74) is 0. The highest BCUT2D eigenvalue weighted by Crippen LogP contribution is 1.96. The summed E-state index contributed by atoms with van der Waals surface area (Å²) in [6.07, 6.45) is 5.60. The van der Waals surface area contributed by atoms with Crippen molar-refractivity contribution in [2.24, 2.45) is 4.99 Å². The quantitative estimate of drug-likeness (QED) is 0.393. The molecular weight excluding hydrogens is 204 g/mol. The SMILES string of the molecule is C=CN=C(/C=C\C)N(C)CCC(=O)OCC. The van der Waals surface area contributed by atoms with Gasteiger partial charge in [-0.3, -0.25) is 4.79 Å². The molecule has 0 amide bonds. The van der Waals surface area contributed by atoms with E-state index in [0.29, 0.717) is 19.6 Å². The van der Waals surface area contributed by atoms with Gasteiger partial charge in [0.1, 0.15) is 5.84 Å². The zero-order valence-corrected chi connectivity index (χ0v) is 10.3. The van der Waals surface area contributed by atoms with Crippen LogP contribution < -0.4 is 0 Å². The molecule has 0 rings (SSSR count). The van der Waals surface area contributed by atoms with Gasteiger partial charge >= 0.3 is 5.97 Å². The Bertz CT molecular complexity index is 283. The molecule has 0 aliphatic heterocycles. The molecule has 0 unspecified atom stereocenters. The summed E-state index contributed by atoms with van der Waals surface area (Å²) in [6, 6.07) is 0. The van der Waals surface area contributed by atoms with E-state index in [0.717, 1.165) is 5.84 Å². The zero-order valence-electron chi connectivity index (χ0n) is 10.3. The third kappa shape index (κ3) is 6.01. The van der Waals surface area contributed by atoms with Crippen LogP contribution in [0.15, 0.2) is 29.9 Å². The molecule has 4 nitrogen and oxygen atoms in total. The molecule has 0 aromatic carbocycles. The van der Waals surface area contributed by atoms with Gasteiger partial charge in [-0.05, 0) is 19.9 Å². The Kier molecular flexibility index (Phi) is 7.85. The molecule has 0 atom stereocenters. The second-order valence-electron chi connectivity index (χ2n) is 3.15. The molecule has 0 aliphatic carbocycles. The summed E-state index contributed by atoms with van der Waals surface area (Å²) in [7, 11) is 1.88. The topological polar surface area (TPSA) is 41.9 Å². The van der Waals surface area contributed by atoms with Crippen LogP contribution in [0.5, 0.6) is 0 Å². The Morgan fingerprint density at radius 2 is 2.25 bits per heavy atom. The van der Waals surface area contributed by atoms with Gasteiger partial charge in [0.25, 0.3) is 0 Å². The predicted molar refractivity (Wildman–Crippen MR) is 66.3 cm³/mol. The summed E-state index contributed by atoms with van der Waals surface area (Å²) in [5, 5.41) is 0. The summed E-state index contributed by atoms with van der Waals surface area (Å²) < 4.78 is 4.85. The zero-order chi connectivity index (χ0) is 12.4. The maximum atomic E-state index is 11.2. The van der Waals surface area contributed by atoms with Gasteiger partial charge in [0.2, 0.25) is 0 Å². The van der Waals surface area contributed by atoms with Gasteiger partial charge in [0.05, 0.1) is 13.0 Å². The standard InChI is InChI=1S/C12H20N2O2/c1-5-8-11(13-6-2)14(4)10-9-12(15)16-7-3/h5-6,8H,2,7,9-10H2,1,3-4H3/b8-5-,13-11?. The van der Waals surface area contributed by atoms with E-state index in [-0.39, 0.29) is 5.97 Å². The number of aliphatic imine (C=N–C) groups is 1. The minimum atomic E-state index is -0.187. The fourth-order valence-corrected chi connectivity index (χ4v) is 1.12. The van der Waals surface area contributed by atoms with Gasteiger partial charge in [0.15, 0.2) is 0 Å². The molecule has 0 saturated carbocycles. The Morgan fingerprint density at radius 3 is 2.75 bits per heavy atom. The minimum absolute atomic E-state index is 0.187. The molecule has 0 fully saturated rings. The Labute approximate surface area is 97.3 Å². The third-order valence-electron chi connectivity index (χ3n) is 1.89. The number of likely N-dealkylation sites (N-methyl/N-ethyl adjacent to an activating group) is 1.